The molecule has 0 aliphatic heterocycles. The van der Waals surface area contributed by atoms with E-state index in [2.05, 4.69) is 11.3 Å². The summed E-state index contributed by atoms with van der Waals surface area (Å²) in [5, 5.41) is 7.93. The summed E-state index contributed by atoms with van der Waals surface area (Å²) in [5.74, 6) is -0.613. The second kappa shape index (κ2) is 3.67. The van der Waals surface area contributed by atoms with Crippen molar-refractivity contribution >= 4 is 5.97 Å². The molecule has 0 N–H and O–H groups in total. The van der Waals surface area contributed by atoms with Gasteiger partial charge in [-0.1, -0.05) is 20.4 Å². The van der Waals surface area contributed by atoms with Crippen LogP contribution < -0.4 is 0 Å². The lowest BCUT2D eigenvalue weighted by Gasteiger charge is -2.02. The number of esters is 1. The van der Waals surface area contributed by atoms with Gasteiger partial charge in [-0.25, -0.2) is 4.79 Å². The Kier molecular flexibility index (Phi) is 3.20. The summed E-state index contributed by atoms with van der Waals surface area (Å²) in [6, 6.07) is 0. The maximum Gasteiger partial charge on any atom is 0.349 e. The van der Waals surface area contributed by atoms with E-state index in [0.29, 0.717) is 5.57 Å². The van der Waals surface area contributed by atoms with Crippen LogP contribution in [0.15, 0.2) is 12.2 Å². The molecule has 0 spiro atoms. The molecule has 0 aliphatic rings. The molecular formula is C7H9NO2. The molecule has 3 heteroatoms. The predicted octanol–water partition coefficient (Wildman–Crippen LogP) is 1.22. The van der Waals surface area contributed by atoms with Gasteiger partial charge in [0, 0.05) is 5.57 Å². The summed E-state index contributed by atoms with van der Waals surface area (Å²) in [4.78, 5) is 10.6. The number of nitrogens with zero attached hydrogens (tertiary/aromatic N) is 1. The van der Waals surface area contributed by atoms with Gasteiger partial charge in [0.05, 0.1) is 0 Å². The zero-order valence-electron chi connectivity index (χ0n) is 6.05. The van der Waals surface area contributed by atoms with Gasteiger partial charge in [-0.3, -0.25) is 0 Å². The summed E-state index contributed by atoms with van der Waals surface area (Å²) in [6.07, 6.45) is 1.29. The summed E-state index contributed by atoms with van der Waals surface area (Å²) >= 11 is 0. The molecule has 0 aromatic rings. The van der Waals surface area contributed by atoms with Gasteiger partial charge in [-0.15, -0.1) is 5.26 Å². The first-order valence-corrected chi connectivity index (χ1v) is 2.88. The third kappa shape index (κ3) is 2.31. The third-order valence-corrected chi connectivity index (χ3v) is 1.10. The average Bonchev–Trinajstić information content (AvgIpc) is 1.87. The van der Waals surface area contributed by atoms with Crippen molar-refractivity contribution in [2.75, 3.05) is 0 Å². The van der Waals surface area contributed by atoms with Crippen molar-refractivity contribution in [3.05, 3.63) is 12.2 Å². The molecule has 0 aromatic carbocycles. The molecule has 0 fully saturated rings. The zero-order chi connectivity index (χ0) is 8.15. The first kappa shape index (κ1) is 8.70. The Morgan fingerprint density at radius 3 is 2.50 bits per heavy atom. The Labute approximate surface area is 59.9 Å². The lowest BCUT2D eigenvalue weighted by molar-refractivity contribution is -0.133. The summed E-state index contributed by atoms with van der Waals surface area (Å²) < 4.78 is 4.03. The van der Waals surface area contributed by atoms with E-state index in [0.717, 1.165) is 0 Å². The van der Waals surface area contributed by atoms with Crippen LogP contribution in [0.25, 0.3) is 0 Å². The largest absolute Gasteiger partial charge is 0.349 e. The quantitative estimate of drug-likeness (QED) is 0.328. The first-order chi connectivity index (χ1) is 4.59. The fourth-order valence-corrected chi connectivity index (χ4v) is 0.343. The highest BCUT2D eigenvalue weighted by molar-refractivity contribution is 5.88. The molecule has 0 rings (SSSR count). The molecule has 10 heavy (non-hydrogen) atoms. The van der Waals surface area contributed by atoms with Gasteiger partial charge in [-0.2, -0.15) is 0 Å². The van der Waals surface area contributed by atoms with Crippen LogP contribution >= 0.6 is 0 Å². The van der Waals surface area contributed by atoms with Gasteiger partial charge >= 0.3 is 5.97 Å². The molecule has 0 aliphatic carbocycles. The minimum Gasteiger partial charge on any atom is -0.347 e. The second-order valence-corrected chi connectivity index (χ2v) is 2.16. The second-order valence-electron chi connectivity index (χ2n) is 2.16. The molecule has 0 unspecified atom stereocenters. The van der Waals surface area contributed by atoms with Gasteiger partial charge in [0.1, 0.15) is 0 Å². The van der Waals surface area contributed by atoms with Crippen LogP contribution in [0, 0.1) is 17.4 Å². The first-order valence-electron chi connectivity index (χ1n) is 2.88. The standard InChI is InChI=1S/C7H9NO2/c1-5(2)6(3)7(9)10-4-8/h5H,3H2,1-2H3. The fourth-order valence-electron chi connectivity index (χ4n) is 0.343. The predicted molar refractivity (Wildman–Crippen MR) is 35.7 cm³/mol. The van der Waals surface area contributed by atoms with Crippen LogP contribution in [0.1, 0.15) is 13.8 Å². The van der Waals surface area contributed by atoms with Gasteiger partial charge in [0.2, 0.25) is 0 Å². The van der Waals surface area contributed by atoms with Crippen LogP contribution in [-0.4, -0.2) is 5.97 Å². The number of rotatable bonds is 2. The lowest BCUT2D eigenvalue weighted by atomic mass is 10.1. The van der Waals surface area contributed by atoms with Crippen LogP contribution in [0.5, 0.6) is 0 Å². The molecule has 0 saturated heterocycles. The highest BCUT2D eigenvalue weighted by Gasteiger charge is 2.11. The van der Waals surface area contributed by atoms with Crippen molar-refractivity contribution in [2.24, 2.45) is 5.92 Å². The Hall–Kier alpha value is -1.30. The van der Waals surface area contributed by atoms with E-state index >= 15 is 0 Å². The summed E-state index contributed by atoms with van der Waals surface area (Å²) in [7, 11) is 0. The molecule has 0 atom stereocenters. The Morgan fingerprint density at radius 2 is 2.20 bits per heavy atom. The lowest BCUT2D eigenvalue weighted by Crippen LogP contribution is -2.07. The Morgan fingerprint density at radius 1 is 1.70 bits per heavy atom. The minimum absolute atomic E-state index is 0.0286. The molecule has 3 nitrogen and oxygen atoms in total. The molecule has 0 aromatic heterocycles. The number of carbonyl (C=O) groups excluding carboxylic acids is 1. The van der Waals surface area contributed by atoms with Crippen molar-refractivity contribution in [1.29, 1.82) is 5.26 Å². The van der Waals surface area contributed by atoms with E-state index in [-0.39, 0.29) is 5.92 Å². The topological polar surface area (TPSA) is 50.1 Å². The van der Waals surface area contributed by atoms with E-state index in [4.69, 9.17) is 5.26 Å². The maximum absolute atomic E-state index is 10.6. The number of hydrogen-bond acceptors (Lipinski definition) is 3. The fraction of sp³-hybridized carbons (Fsp3) is 0.429. The highest BCUT2D eigenvalue weighted by Crippen LogP contribution is 2.07. The number of carbonyl (C=O) groups is 1. The molecule has 0 saturated carbocycles. The van der Waals surface area contributed by atoms with Crippen molar-refractivity contribution in [3.63, 3.8) is 0 Å². The van der Waals surface area contributed by atoms with Crippen molar-refractivity contribution in [2.45, 2.75) is 13.8 Å². The average molecular weight is 139 g/mol. The van der Waals surface area contributed by atoms with E-state index in [1.807, 2.05) is 0 Å². The Balaban J connectivity index is 3.99. The van der Waals surface area contributed by atoms with Gasteiger partial charge in [0.25, 0.3) is 6.26 Å². The van der Waals surface area contributed by atoms with Crippen LogP contribution in [-0.2, 0) is 9.53 Å². The highest BCUT2D eigenvalue weighted by atomic mass is 16.5. The van der Waals surface area contributed by atoms with Crippen LogP contribution in [0.4, 0.5) is 0 Å². The molecule has 54 valence electrons. The Bertz CT molecular complexity index is 188. The number of hydrogen-bond donors (Lipinski definition) is 0. The van der Waals surface area contributed by atoms with Crippen molar-refractivity contribution < 1.29 is 9.53 Å². The molecule has 0 heterocycles. The molecule has 0 bridgehead atoms. The van der Waals surface area contributed by atoms with Crippen molar-refractivity contribution in [3.8, 4) is 6.26 Å². The normalized spacial score (nSPS) is 8.60. The monoisotopic (exact) mass is 139 g/mol. The van der Waals surface area contributed by atoms with Gasteiger partial charge < -0.3 is 4.74 Å². The van der Waals surface area contributed by atoms with Crippen molar-refractivity contribution in [1.82, 2.24) is 0 Å². The summed E-state index contributed by atoms with van der Waals surface area (Å²) in [5.41, 5.74) is 0.321. The van der Waals surface area contributed by atoms with E-state index < -0.39 is 5.97 Å². The third-order valence-electron chi connectivity index (χ3n) is 1.10. The molecular weight excluding hydrogens is 130 g/mol. The SMILES string of the molecule is C=C(C(=O)OC#N)C(C)C. The summed E-state index contributed by atoms with van der Waals surface area (Å²) in [6.45, 7) is 7.06. The molecule has 0 amide bonds. The van der Waals surface area contributed by atoms with Gasteiger partial charge in [-0.05, 0) is 5.92 Å². The van der Waals surface area contributed by atoms with Crippen LogP contribution in [0.3, 0.4) is 0 Å². The van der Waals surface area contributed by atoms with Crippen LogP contribution in [0.2, 0.25) is 0 Å². The number of ether oxygens (including phenoxy) is 1. The van der Waals surface area contributed by atoms with E-state index in [1.165, 1.54) is 6.26 Å². The minimum atomic E-state index is -0.641. The van der Waals surface area contributed by atoms with E-state index in [9.17, 15) is 4.79 Å². The molecule has 0 radical (unpaired) electrons. The maximum atomic E-state index is 10.6. The smallest absolute Gasteiger partial charge is 0.347 e. The zero-order valence-corrected chi connectivity index (χ0v) is 6.05. The number of nitriles is 1. The van der Waals surface area contributed by atoms with Gasteiger partial charge in [0.15, 0.2) is 0 Å². The van der Waals surface area contributed by atoms with E-state index in [1.54, 1.807) is 13.8 Å².